The molecule has 0 saturated carbocycles. The molecule has 0 aliphatic carbocycles. The first-order valence-corrected chi connectivity index (χ1v) is 11.3. The number of nitrogens with zero attached hydrogens (tertiary/aromatic N) is 3. The van der Waals surface area contributed by atoms with Crippen LogP contribution in [0.5, 0.6) is 0 Å². The van der Waals surface area contributed by atoms with E-state index in [1.54, 1.807) is 0 Å². The third-order valence-electron chi connectivity index (χ3n) is 4.98. The smallest absolute Gasteiger partial charge is 0.230 e. The molecule has 0 bridgehead atoms. The molecule has 0 aliphatic heterocycles. The Morgan fingerprint density at radius 1 is 1.03 bits per heavy atom. The van der Waals surface area contributed by atoms with Crippen molar-refractivity contribution < 1.29 is 4.79 Å². The molecule has 6 heteroatoms. The minimum Gasteiger partial charge on any atom is -0.355 e. The van der Waals surface area contributed by atoms with Crippen LogP contribution in [-0.2, 0) is 23.7 Å². The molecule has 1 amide bonds. The fourth-order valence-corrected chi connectivity index (χ4v) is 3.90. The molecule has 158 valence electrons. The van der Waals surface area contributed by atoms with Gasteiger partial charge in [0, 0.05) is 19.2 Å². The summed E-state index contributed by atoms with van der Waals surface area (Å²) in [5.41, 5.74) is 3.72. The van der Waals surface area contributed by atoms with E-state index in [4.69, 9.17) is 0 Å². The van der Waals surface area contributed by atoms with Gasteiger partial charge >= 0.3 is 0 Å². The molecule has 1 heterocycles. The zero-order chi connectivity index (χ0) is 21.6. The van der Waals surface area contributed by atoms with Crippen molar-refractivity contribution in [2.75, 3.05) is 12.3 Å². The van der Waals surface area contributed by atoms with Gasteiger partial charge in [0.2, 0.25) is 5.91 Å². The number of hydrogen-bond donors (Lipinski definition) is 1. The Balaban J connectivity index is 1.48. The Bertz CT molecular complexity index is 959. The van der Waals surface area contributed by atoms with Crippen LogP contribution in [0, 0.1) is 0 Å². The van der Waals surface area contributed by atoms with Crippen molar-refractivity contribution in [2.45, 2.75) is 44.2 Å². The Morgan fingerprint density at radius 3 is 2.40 bits per heavy atom. The summed E-state index contributed by atoms with van der Waals surface area (Å²) in [7, 11) is 1.94. The molecule has 0 spiro atoms. The highest BCUT2D eigenvalue weighted by Gasteiger charge is 2.16. The number of aromatic nitrogens is 3. The molecule has 0 saturated heterocycles. The lowest BCUT2D eigenvalue weighted by molar-refractivity contribution is -0.118. The van der Waals surface area contributed by atoms with E-state index in [1.807, 2.05) is 29.8 Å². The maximum atomic E-state index is 12.2. The van der Waals surface area contributed by atoms with Crippen molar-refractivity contribution in [2.24, 2.45) is 7.05 Å². The summed E-state index contributed by atoms with van der Waals surface area (Å²) in [6, 6.07) is 18.8. The summed E-state index contributed by atoms with van der Waals surface area (Å²) in [5.74, 6) is 1.16. The predicted octanol–water partition coefficient (Wildman–Crippen LogP) is 4.62. The van der Waals surface area contributed by atoms with Crippen LogP contribution in [0.1, 0.15) is 38.3 Å². The number of hydrogen-bond acceptors (Lipinski definition) is 4. The normalized spacial score (nSPS) is 11.5. The quantitative estimate of drug-likeness (QED) is 0.425. The number of nitrogens with one attached hydrogen (secondary N) is 1. The summed E-state index contributed by atoms with van der Waals surface area (Å²) in [4.78, 5) is 12.2. The van der Waals surface area contributed by atoms with Crippen LogP contribution in [0.4, 0.5) is 0 Å². The maximum absolute atomic E-state index is 12.2. The van der Waals surface area contributed by atoms with E-state index in [1.165, 1.54) is 22.9 Å². The minimum atomic E-state index is 0.0205. The second-order valence-electron chi connectivity index (χ2n) is 8.42. The van der Waals surface area contributed by atoms with Gasteiger partial charge < -0.3 is 9.88 Å². The first kappa shape index (κ1) is 22.1. The molecule has 2 aromatic carbocycles. The van der Waals surface area contributed by atoms with Crippen LogP contribution in [-0.4, -0.2) is 33.0 Å². The Morgan fingerprint density at radius 2 is 1.73 bits per heavy atom. The van der Waals surface area contributed by atoms with E-state index < -0.39 is 0 Å². The van der Waals surface area contributed by atoms with Gasteiger partial charge in [-0.05, 0) is 29.4 Å². The number of carbonyl (C=O) groups is 1. The lowest BCUT2D eigenvalue weighted by Gasteiger charge is -2.19. The van der Waals surface area contributed by atoms with Crippen LogP contribution < -0.4 is 5.32 Å². The van der Waals surface area contributed by atoms with Gasteiger partial charge in [-0.15, -0.1) is 10.2 Å². The average Bonchev–Trinajstić information content (AvgIpc) is 3.10. The van der Waals surface area contributed by atoms with Crippen LogP contribution in [0.15, 0.2) is 59.8 Å². The predicted molar refractivity (Wildman–Crippen MR) is 124 cm³/mol. The number of benzene rings is 2. The van der Waals surface area contributed by atoms with Gasteiger partial charge in [-0.3, -0.25) is 4.79 Å². The molecular formula is C24H30N4OS. The highest BCUT2D eigenvalue weighted by atomic mass is 32.2. The van der Waals surface area contributed by atoms with E-state index in [-0.39, 0.29) is 11.3 Å². The van der Waals surface area contributed by atoms with E-state index >= 15 is 0 Å². The van der Waals surface area contributed by atoms with Crippen molar-refractivity contribution in [3.05, 3.63) is 65.7 Å². The minimum absolute atomic E-state index is 0.0205. The highest BCUT2D eigenvalue weighted by molar-refractivity contribution is 7.99. The molecule has 1 N–H and O–H groups in total. The zero-order valence-corrected chi connectivity index (χ0v) is 19.0. The van der Waals surface area contributed by atoms with Crippen molar-refractivity contribution >= 4 is 17.7 Å². The molecule has 3 rings (SSSR count). The SMILES string of the molecule is Cn1c(SCC(=O)NCCCc2ccccc2)nnc1-c1ccc(C(C)(C)C)cc1. The molecular weight excluding hydrogens is 392 g/mol. The largest absolute Gasteiger partial charge is 0.355 e. The monoisotopic (exact) mass is 422 g/mol. The summed E-state index contributed by atoms with van der Waals surface area (Å²) >= 11 is 1.41. The second-order valence-corrected chi connectivity index (χ2v) is 9.36. The van der Waals surface area contributed by atoms with Gasteiger partial charge in [0.1, 0.15) is 0 Å². The van der Waals surface area contributed by atoms with Crippen LogP contribution >= 0.6 is 11.8 Å². The summed E-state index contributed by atoms with van der Waals surface area (Å²) < 4.78 is 1.94. The Hall–Kier alpha value is -2.60. The fourth-order valence-electron chi connectivity index (χ4n) is 3.16. The third-order valence-corrected chi connectivity index (χ3v) is 6.00. The molecule has 30 heavy (non-hydrogen) atoms. The lowest BCUT2D eigenvalue weighted by Crippen LogP contribution is -2.26. The number of aryl methyl sites for hydroxylation is 1. The standard InChI is InChI=1S/C24H30N4OS/c1-24(2,3)20-14-12-19(13-15-20)22-26-27-23(28(22)4)30-17-21(29)25-16-8-11-18-9-6-5-7-10-18/h5-7,9-10,12-15H,8,11,16-17H2,1-4H3,(H,25,29). The fraction of sp³-hybridized carbons (Fsp3) is 0.375. The topological polar surface area (TPSA) is 59.8 Å². The Labute approximate surface area is 183 Å². The molecule has 0 fully saturated rings. The molecule has 1 aromatic heterocycles. The van der Waals surface area contributed by atoms with E-state index in [2.05, 4.69) is 72.7 Å². The summed E-state index contributed by atoms with van der Waals surface area (Å²) in [5, 5.41) is 12.3. The second kappa shape index (κ2) is 9.94. The van der Waals surface area contributed by atoms with Gasteiger partial charge in [-0.25, -0.2) is 0 Å². The van der Waals surface area contributed by atoms with E-state index in [0.717, 1.165) is 29.4 Å². The van der Waals surface area contributed by atoms with Gasteiger partial charge in [0.05, 0.1) is 5.75 Å². The number of thioether (sulfide) groups is 1. The summed E-state index contributed by atoms with van der Waals surface area (Å²) in [6.07, 6.45) is 1.90. The van der Waals surface area contributed by atoms with Gasteiger partial charge in [0.25, 0.3) is 0 Å². The molecule has 3 aromatic rings. The van der Waals surface area contributed by atoms with Crippen LogP contribution in [0.25, 0.3) is 11.4 Å². The van der Waals surface area contributed by atoms with Gasteiger partial charge in [0.15, 0.2) is 11.0 Å². The first-order chi connectivity index (χ1) is 14.3. The number of amides is 1. The lowest BCUT2D eigenvalue weighted by atomic mass is 9.87. The van der Waals surface area contributed by atoms with Gasteiger partial charge in [-0.1, -0.05) is 87.1 Å². The molecule has 0 aliphatic rings. The average molecular weight is 423 g/mol. The first-order valence-electron chi connectivity index (χ1n) is 10.3. The van der Waals surface area contributed by atoms with E-state index in [0.29, 0.717) is 12.3 Å². The summed E-state index contributed by atoms with van der Waals surface area (Å²) in [6.45, 7) is 7.28. The molecule has 0 atom stereocenters. The number of rotatable bonds is 8. The molecule has 0 unspecified atom stereocenters. The zero-order valence-electron chi connectivity index (χ0n) is 18.2. The molecule has 5 nitrogen and oxygen atoms in total. The third kappa shape index (κ3) is 5.95. The van der Waals surface area contributed by atoms with Crippen molar-refractivity contribution in [3.63, 3.8) is 0 Å². The van der Waals surface area contributed by atoms with Crippen molar-refractivity contribution in [3.8, 4) is 11.4 Å². The van der Waals surface area contributed by atoms with Crippen LogP contribution in [0.2, 0.25) is 0 Å². The van der Waals surface area contributed by atoms with Crippen molar-refractivity contribution in [1.82, 2.24) is 20.1 Å². The van der Waals surface area contributed by atoms with Crippen molar-refractivity contribution in [1.29, 1.82) is 0 Å². The van der Waals surface area contributed by atoms with Gasteiger partial charge in [-0.2, -0.15) is 0 Å². The highest BCUT2D eigenvalue weighted by Crippen LogP contribution is 2.26. The maximum Gasteiger partial charge on any atom is 0.230 e. The number of carbonyl (C=O) groups excluding carboxylic acids is 1. The van der Waals surface area contributed by atoms with Crippen LogP contribution in [0.3, 0.4) is 0 Å². The van der Waals surface area contributed by atoms with E-state index in [9.17, 15) is 4.79 Å². The molecule has 0 radical (unpaired) electrons. The Kier molecular flexibility index (Phi) is 7.32.